The van der Waals surface area contributed by atoms with Crippen molar-refractivity contribution in [3.05, 3.63) is 52.5 Å². The summed E-state index contributed by atoms with van der Waals surface area (Å²) in [6, 6.07) is 8.71. The summed E-state index contributed by atoms with van der Waals surface area (Å²) in [6.45, 7) is 1.96. The second-order valence-corrected chi connectivity index (χ2v) is 4.97. The molecule has 0 saturated carbocycles. The highest BCUT2D eigenvalue weighted by atomic mass is 79.9. The van der Waals surface area contributed by atoms with Gasteiger partial charge in [0, 0.05) is 10.5 Å². The van der Waals surface area contributed by atoms with E-state index in [1.165, 1.54) is 12.3 Å². The maximum absolute atomic E-state index is 12.8. The van der Waals surface area contributed by atoms with E-state index in [-0.39, 0.29) is 11.9 Å². The average Bonchev–Trinajstić information content (AvgIpc) is 2.42. The van der Waals surface area contributed by atoms with Crippen molar-refractivity contribution in [2.45, 2.75) is 13.0 Å². The Kier molecular flexibility index (Phi) is 4.37. The molecule has 1 aromatic carbocycles. The summed E-state index contributed by atoms with van der Waals surface area (Å²) in [5.74, 6) is 0.434. The molecule has 1 heterocycles. The van der Waals surface area contributed by atoms with Crippen LogP contribution in [0.1, 0.15) is 18.7 Å². The van der Waals surface area contributed by atoms with E-state index >= 15 is 0 Å². The molecule has 0 aliphatic carbocycles. The molecule has 19 heavy (non-hydrogen) atoms. The van der Waals surface area contributed by atoms with Crippen LogP contribution in [-0.2, 0) is 0 Å². The lowest BCUT2D eigenvalue weighted by Gasteiger charge is -2.16. The molecule has 5 heteroatoms. The molecule has 0 radical (unpaired) electrons. The van der Waals surface area contributed by atoms with Gasteiger partial charge in [-0.2, -0.15) is 0 Å². The van der Waals surface area contributed by atoms with Gasteiger partial charge in [-0.15, -0.1) is 0 Å². The van der Waals surface area contributed by atoms with Gasteiger partial charge >= 0.3 is 0 Å². The summed E-state index contributed by atoms with van der Waals surface area (Å²) < 4.78 is 19.0. The number of methoxy groups -OCH3 is 1. The van der Waals surface area contributed by atoms with Crippen molar-refractivity contribution in [2.24, 2.45) is 0 Å². The molecule has 0 bridgehead atoms. The first-order valence-electron chi connectivity index (χ1n) is 5.81. The molecule has 1 unspecified atom stereocenters. The van der Waals surface area contributed by atoms with E-state index in [0.717, 1.165) is 21.6 Å². The summed E-state index contributed by atoms with van der Waals surface area (Å²) in [4.78, 5) is 4.06. The largest absolute Gasteiger partial charge is 0.497 e. The van der Waals surface area contributed by atoms with E-state index in [2.05, 4.69) is 26.2 Å². The number of anilines is 1. The van der Waals surface area contributed by atoms with Crippen molar-refractivity contribution in [1.29, 1.82) is 0 Å². The zero-order valence-electron chi connectivity index (χ0n) is 10.7. The quantitative estimate of drug-likeness (QED) is 0.916. The number of hydrogen-bond acceptors (Lipinski definition) is 3. The van der Waals surface area contributed by atoms with Crippen LogP contribution in [0.15, 0.2) is 41.0 Å². The number of nitrogens with zero attached hydrogens (tertiary/aromatic N) is 1. The van der Waals surface area contributed by atoms with E-state index in [4.69, 9.17) is 4.74 Å². The minimum absolute atomic E-state index is 0.0380. The predicted molar refractivity (Wildman–Crippen MR) is 76.9 cm³/mol. The predicted octanol–water partition coefficient (Wildman–Crippen LogP) is 4.16. The second kappa shape index (κ2) is 6.02. The second-order valence-electron chi connectivity index (χ2n) is 4.11. The summed E-state index contributed by atoms with van der Waals surface area (Å²) in [5.41, 5.74) is 1.68. The van der Waals surface area contributed by atoms with Crippen LogP contribution in [0.5, 0.6) is 5.75 Å². The van der Waals surface area contributed by atoms with Gasteiger partial charge in [-0.25, -0.2) is 4.39 Å². The monoisotopic (exact) mass is 324 g/mol. The Morgan fingerprint density at radius 3 is 2.74 bits per heavy atom. The zero-order valence-corrected chi connectivity index (χ0v) is 12.2. The van der Waals surface area contributed by atoms with E-state index in [9.17, 15) is 4.39 Å². The molecule has 0 saturated heterocycles. The molecular weight excluding hydrogens is 311 g/mol. The fourth-order valence-electron chi connectivity index (χ4n) is 1.69. The molecule has 1 atom stereocenters. The topological polar surface area (TPSA) is 34.1 Å². The Balaban J connectivity index is 2.18. The molecule has 0 spiro atoms. The van der Waals surface area contributed by atoms with Gasteiger partial charge in [0.05, 0.1) is 30.7 Å². The van der Waals surface area contributed by atoms with Crippen molar-refractivity contribution < 1.29 is 9.13 Å². The van der Waals surface area contributed by atoms with Crippen LogP contribution in [-0.4, -0.2) is 12.1 Å². The third-order valence-electron chi connectivity index (χ3n) is 2.74. The van der Waals surface area contributed by atoms with Crippen molar-refractivity contribution in [2.75, 3.05) is 12.4 Å². The first kappa shape index (κ1) is 13.8. The third-order valence-corrected chi connectivity index (χ3v) is 3.43. The first-order chi connectivity index (χ1) is 9.10. The van der Waals surface area contributed by atoms with Crippen molar-refractivity contribution in [1.82, 2.24) is 4.98 Å². The Labute approximate surface area is 119 Å². The number of nitrogens with one attached hydrogen (secondary N) is 1. The number of ether oxygens (including phenoxy) is 1. The van der Waals surface area contributed by atoms with Gasteiger partial charge in [-0.3, -0.25) is 4.98 Å². The average molecular weight is 325 g/mol. The van der Waals surface area contributed by atoms with E-state index in [1.54, 1.807) is 13.2 Å². The maximum Gasteiger partial charge on any atom is 0.141 e. The van der Waals surface area contributed by atoms with Crippen molar-refractivity contribution >= 4 is 21.6 Å². The van der Waals surface area contributed by atoms with Gasteiger partial charge in [-0.1, -0.05) is 0 Å². The first-order valence-corrected chi connectivity index (χ1v) is 6.61. The molecule has 2 aromatic rings. The van der Waals surface area contributed by atoms with Gasteiger partial charge in [0.1, 0.15) is 11.6 Å². The van der Waals surface area contributed by atoms with E-state index in [1.807, 2.05) is 25.1 Å². The highest BCUT2D eigenvalue weighted by Crippen LogP contribution is 2.29. The molecule has 0 fully saturated rings. The fourth-order valence-corrected chi connectivity index (χ4v) is 2.05. The molecule has 0 aliphatic heterocycles. The van der Waals surface area contributed by atoms with Gasteiger partial charge in [0.2, 0.25) is 0 Å². The molecule has 0 amide bonds. The minimum atomic E-state index is -0.335. The SMILES string of the molecule is COc1ccc(Br)c(NC(C)c2ccc(F)cn2)c1. The number of pyridine rings is 1. The summed E-state index contributed by atoms with van der Waals surface area (Å²) in [6.07, 6.45) is 1.22. The highest BCUT2D eigenvalue weighted by Gasteiger charge is 2.09. The summed E-state index contributed by atoms with van der Waals surface area (Å²) in [7, 11) is 1.62. The van der Waals surface area contributed by atoms with Crippen molar-refractivity contribution in [3.63, 3.8) is 0 Å². The van der Waals surface area contributed by atoms with Crippen LogP contribution in [0.4, 0.5) is 10.1 Å². The molecule has 0 aliphatic rings. The molecule has 3 nitrogen and oxygen atoms in total. The fraction of sp³-hybridized carbons (Fsp3) is 0.214. The maximum atomic E-state index is 12.8. The van der Waals surface area contributed by atoms with Crippen LogP contribution in [0.2, 0.25) is 0 Å². The minimum Gasteiger partial charge on any atom is -0.497 e. The number of aromatic nitrogens is 1. The Bertz CT molecular complexity index is 560. The summed E-state index contributed by atoms with van der Waals surface area (Å²) >= 11 is 3.47. The molecule has 2 rings (SSSR count). The highest BCUT2D eigenvalue weighted by molar-refractivity contribution is 9.10. The number of rotatable bonds is 4. The lowest BCUT2D eigenvalue weighted by molar-refractivity contribution is 0.415. The van der Waals surface area contributed by atoms with Crippen LogP contribution in [0, 0.1) is 5.82 Å². The van der Waals surface area contributed by atoms with Gasteiger partial charge in [0.25, 0.3) is 0 Å². The Hall–Kier alpha value is -1.62. The molecule has 1 aromatic heterocycles. The normalized spacial score (nSPS) is 12.0. The van der Waals surface area contributed by atoms with E-state index < -0.39 is 0 Å². The van der Waals surface area contributed by atoms with Crippen LogP contribution >= 0.6 is 15.9 Å². The zero-order chi connectivity index (χ0) is 13.8. The van der Waals surface area contributed by atoms with Gasteiger partial charge in [-0.05, 0) is 47.1 Å². The Morgan fingerprint density at radius 2 is 2.11 bits per heavy atom. The third kappa shape index (κ3) is 3.44. The number of benzene rings is 1. The number of halogens is 2. The standard InChI is InChI=1S/C14H14BrFN2O/c1-9(13-6-3-10(16)8-17-13)18-14-7-11(19-2)4-5-12(14)15/h3-9,18H,1-2H3. The van der Waals surface area contributed by atoms with Gasteiger partial charge in [0.15, 0.2) is 0 Å². The molecule has 1 N–H and O–H groups in total. The molecule has 100 valence electrons. The summed E-state index contributed by atoms with van der Waals surface area (Å²) in [5, 5.41) is 3.31. The van der Waals surface area contributed by atoms with Crippen LogP contribution in [0.3, 0.4) is 0 Å². The lowest BCUT2D eigenvalue weighted by atomic mass is 10.2. The van der Waals surface area contributed by atoms with Crippen LogP contribution in [0.25, 0.3) is 0 Å². The number of hydrogen-bond donors (Lipinski definition) is 1. The smallest absolute Gasteiger partial charge is 0.141 e. The Morgan fingerprint density at radius 1 is 1.32 bits per heavy atom. The molecular formula is C14H14BrFN2O. The van der Waals surface area contributed by atoms with Gasteiger partial charge < -0.3 is 10.1 Å². The van der Waals surface area contributed by atoms with E-state index in [0.29, 0.717) is 0 Å². The van der Waals surface area contributed by atoms with Crippen LogP contribution < -0.4 is 10.1 Å². The lowest BCUT2D eigenvalue weighted by Crippen LogP contribution is -2.09. The van der Waals surface area contributed by atoms with Crippen molar-refractivity contribution in [3.8, 4) is 5.75 Å².